The smallest absolute Gasteiger partial charge is 0.224 e. The molecule has 0 aliphatic heterocycles. The van der Waals surface area contributed by atoms with Crippen LogP contribution in [0.4, 0.5) is 16.2 Å². The van der Waals surface area contributed by atoms with Gasteiger partial charge in [0.2, 0.25) is 5.95 Å². The zero-order valence-electron chi connectivity index (χ0n) is 13.4. The Morgan fingerprint density at radius 3 is 2.55 bits per heavy atom. The highest BCUT2D eigenvalue weighted by atomic mass is 19.1. The fourth-order valence-electron chi connectivity index (χ4n) is 2.19. The molecule has 1 aromatic heterocycles. The van der Waals surface area contributed by atoms with E-state index in [-0.39, 0.29) is 5.82 Å². The molecule has 4 nitrogen and oxygen atoms in total. The van der Waals surface area contributed by atoms with Crippen LogP contribution in [0.25, 0.3) is 0 Å². The van der Waals surface area contributed by atoms with Crippen molar-refractivity contribution in [3.05, 3.63) is 47.4 Å². The quantitative estimate of drug-likeness (QED) is 0.763. The minimum absolute atomic E-state index is 0.210. The molecule has 0 bridgehead atoms. The number of anilines is 2. The summed E-state index contributed by atoms with van der Waals surface area (Å²) in [5, 5.41) is 5.82. The van der Waals surface area contributed by atoms with Crippen molar-refractivity contribution in [3.8, 4) is 0 Å². The van der Waals surface area contributed by atoms with Gasteiger partial charge in [-0.1, -0.05) is 38.1 Å². The van der Waals surface area contributed by atoms with Gasteiger partial charge in [-0.3, -0.25) is 0 Å². The molecule has 0 aliphatic carbocycles. The monoisotopic (exact) mass is 302 g/mol. The summed E-state index contributed by atoms with van der Waals surface area (Å²) in [5.41, 5.74) is 2.68. The van der Waals surface area contributed by atoms with E-state index in [1.165, 1.54) is 17.3 Å². The number of rotatable bonds is 7. The summed E-state index contributed by atoms with van der Waals surface area (Å²) >= 11 is 0. The average Bonchev–Trinajstić information content (AvgIpc) is 2.53. The Labute approximate surface area is 131 Å². The molecule has 2 aromatic rings. The van der Waals surface area contributed by atoms with Crippen LogP contribution < -0.4 is 10.6 Å². The van der Waals surface area contributed by atoms with Crippen molar-refractivity contribution in [2.75, 3.05) is 24.2 Å². The van der Waals surface area contributed by atoms with E-state index in [1.807, 2.05) is 0 Å². The maximum Gasteiger partial charge on any atom is 0.224 e. The maximum absolute atomic E-state index is 13.3. The van der Waals surface area contributed by atoms with Crippen LogP contribution >= 0.6 is 0 Å². The van der Waals surface area contributed by atoms with Crippen LogP contribution in [0.15, 0.2) is 30.5 Å². The predicted octanol–water partition coefficient (Wildman–Crippen LogP) is 3.83. The number of nitrogens with zero attached hydrogens (tertiary/aromatic N) is 2. The molecule has 0 amide bonds. The van der Waals surface area contributed by atoms with Crippen molar-refractivity contribution in [3.63, 3.8) is 0 Å². The molecular weight excluding hydrogens is 279 g/mol. The molecule has 0 atom stereocenters. The molecule has 0 unspecified atom stereocenters. The van der Waals surface area contributed by atoms with Gasteiger partial charge in [0.15, 0.2) is 11.6 Å². The summed E-state index contributed by atoms with van der Waals surface area (Å²) in [5.74, 6) is 0.772. The van der Waals surface area contributed by atoms with Crippen LogP contribution in [0.1, 0.15) is 37.3 Å². The topological polar surface area (TPSA) is 49.8 Å². The first-order valence-corrected chi connectivity index (χ1v) is 7.63. The van der Waals surface area contributed by atoms with Gasteiger partial charge in [-0.15, -0.1) is 0 Å². The Kier molecular flexibility index (Phi) is 5.69. The fourth-order valence-corrected chi connectivity index (χ4v) is 2.19. The Bertz CT molecular complexity index is 596. The summed E-state index contributed by atoms with van der Waals surface area (Å²) in [7, 11) is 1.63. The summed E-state index contributed by atoms with van der Waals surface area (Å²) in [6.45, 7) is 5.14. The molecule has 0 saturated carbocycles. The van der Waals surface area contributed by atoms with Crippen LogP contribution in [0, 0.1) is 5.82 Å². The van der Waals surface area contributed by atoms with Gasteiger partial charge < -0.3 is 10.6 Å². The lowest BCUT2D eigenvalue weighted by molar-refractivity contribution is 0.618. The van der Waals surface area contributed by atoms with E-state index < -0.39 is 5.82 Å². The van der Waals surface area contributed by atoms with E-state index in [4.69, 9.17) is 0 Å². The Balaban J connectivity index is 1.79. The van der Waals surface area contributed by atoms with Gasteiger partial charge in [0.05, 0.1) is 6.20 Å². The molecule has 2 N–H and O–H groups in total. The lowest BCUT2D eigenvalue weighted by Gasteiger charge is -2.08. The highest BCUT2D eigenvalue weighted by Gasteiger charge is 2.04. The average molecular weight is 302 g/mol. The van der Waals surface area contributed by atoms with Crippen molar-refractivity contribution < 1.29 is 4.39 Å². The summed E-state index contributed by atoms with van der Waals surface area (Å²) in [4.78, 5) is 7.98. The van der Waals surface area contributed by atoms with Crippen LogP contribution in [-0.2, 0) is 6.42 Å². The second kappa shape index (κ2) is 7.73. The second-order valence-corrected chi connectivity index (χ2v) is 5.57. The first kappa shape index (κ1) is 16.2. The number of hydrogen-bond donors (Lipinski definition) is 2. The number of nitrogens with one attached hydrogen (secondary N) is 2. The van der Waals surface area contributed by atoms with Gasteiger partial charge in [0.1, 0.15) is 0 Å². The second-order valence-electron chi connectivity index (χ2n) is 5.57. The van der Waals surface area contributed by atoms with Gasteiger partial charge in [0.25, 0.3) is 0 Å². The normalized spacial score (nSPS) is 10.8. The molecule has 0 radical (unpaired) electrons. The molecule has 22 heavy (non-hydrogen) atoms. The first-order chi connectivity index (χ1) is 10.6. The molecule has 5 heteroatoms. The molecule has 0 fully saturated rings. The zero-order valence-corrected chi connectivity index (χ0v) is 13.4. The largest absolute Gasteiger partial charge is 0.371 e. The summed E-state index contributed by atoms with van der Waals surface area (Å²) in [6.07, 6.45) is 3.13. The fraction of sp³-hybridized carbons (Fsp3) is 0.412. The number of halogens is 1. The predicted molar refractivity (Wildman–Crippen MR) is 88.9 cm³/mol. The number of aryl methyl sites for hydroxylation is 1. The third-order valence-corrected chi connectivity index (χ3v) is 3.55. The first-order valence-electron chi connectivity index (χ1n) is 7.63. The van der Waals surface area contributed by atoms with Crippen LogP contribution in [0.2, 0.25) is 0 Å². The summed E-state index contributed by atoms with van der Waals surface area (Å²) < 4.78 is 13.3. The van der Waals surface area contributed by atoms with Crippen molar-refractivity contribution >= 4 is 11.8 Å². The molecule has 1 heterocycles. The molecule has 2 rings (SSSR count). The molecular formula is C17H23FN4. The molecule has 118 valence electrons. The molecule has 1 aromatic carbocycles. The minimum atomic E-state index is -0.446. The highest BCUT2D eigenvalue weighted by molar-refractivity contribution is 5.40. The van der Waals surface area contributed by atoms with Gasteiger partial charge in [-0.25, -0.2) is 9.37 Å². The van der Waals surface area contributed by atoms with Crippen molar-refractivity contribution in [1.82, 2.24) is 9.97 Å². The highest BCUT2D eigenvalue weighted by Crippen LogP contribution is 2.15. The Morgan fingerprint density at radius 2 is 1.91 bits per heavy atom. The zero-order chi connectivity index (χ0) is 15.9. The molecule has 0 saturated heterocycles. The van der Waals surface area contributed by atoms with Crippen LogP contribution in [0.5, 0.6) is 0 Å². The Morgan fingerprint density at radius 1 is 1.18 bits per heavy atom. The van der Waals surface area contributed by atoms with Gasteiger partial charge >= 0.3 is 0 Å². The van der Waals surface area contributed by atoms with Crippen LogP contribution in [0.3, 0.4) is 0 Å². The Hall–Kier alpha value is -2.17. The minimum Gasteiger partial charge on any atom is -0.371 e. The van der Waals surface area contributed by atoms with Gasteiger partial charge in [-0.05, 0) is 29.9 Å². The molecule has 0 spiro atoms. The summed E-state index contributed by atoms with van der Waals surface area (Å²) in [6, 6.07) is 8.75. The van der Waals surface area contributed by atoms with E-state index in [2.05, 4.69) is 58.7 Å². The third-order valence-electron chi connectivity index (χ3n) is 3.55. The van der Waals surface area contributed by atoms with Gasteiger partial charge in [-0.2, -0.15) is 4.98 Å². The van der Waals surface area contributed by atoms with Crippen molar-refractivity contribution in [2.45, 2.75) is 32.6 Å². The molecule has 0 aliphatic rings. The maximum atomic E-state index is 13.3. The van der Waals surface area contributed by atoms with Gasteiger partial charge in [0, 0.05) is 13.6 Å². The van der Waals surface area contributed by atoms with E-state index >= 15 is 0 Å². The van der Waals surface area contributed by atoms with E-state index in [1.54, 1.807) is 7.05 Å². The van der Waals surface area contributed by atoms with E-state index in [0.29, 0.717) is 11.9 Å². The number of hydrogen-bond acceptors (Lipinski definition) is 4. The van der Waals surface area contributed by atoms with Crippen molar-refractivity contribution in [1.29, 1.82) is 0 Å². The number of benzene rings is 1. The standard InChI is InChI=1S/C17H23FN4/c1-12(2)14-8-6-13(7-9-14)5-4-10-20-17-21-11-15(18)16(19-3)22-17/h6-9,11-12H,4-5,10H2,1-3H3,(H2,19,20,21,22). The van der Waals surface area contributed by atoms with E-state index in [0.717, 1.165) is 19.4 Å². The van der Waals surface area contributed by atoms with E-state index in [9.17, 15) is 4.39 Å². The van der Waals surface area contributed by atoms with Crippen LogP contribution in [-0.4, -0.2) is 23.6 Å². The third kappa shape index (κ3) is 4.41. The SMILES string of the molecule is CNc1nc(NCCCc2ccc(C(C)C)cc2)ncc1F. The van der Waals surface area contributed by atoms with Crippen molar-refractivity contribution in [2.24, 2.45) is 0 Å². The lowest BCUT2D eigenvalue weighted by atomic mass is 10.0. The number of aromatic nitrogens is 2. The lowest BCUT2D eigenvalue weighted by Crippen LogP contribution is -2.08.